The van der Waals surface area contributed by atoms with Gasteiger partial charge in [0, 0.05) is 11.6 Å². The topological polar surface area (TPSA) is 103 Å². The predicted molar refractivity (Wildman–Crippen MR) is 119 cm³/mol. The summed E-state index contributed by atoms with van der Waals surface area (Å²) in [5, 5.41) is 9.46. The fourth-order valence-electron chi connectivity index (χ4n) is 3.01. The second-order valence-corrected chi connectivity index (χ2v) is 7.55. The molecule has 0 aliphatic carbocycles. The lowest BCUT2D eigenvalue weighted by Crippen LogP contribution is -2.49. The first-order chi connectivity index (χ1) is 15.5. The van der Waals surface area contributed by atoms with E-state index in [1.54, 1.807) is 13.2 Å². The minimum Gasteiger partial charge on any atom is -0.497 e. The number of benzene rings is 2. The lowest BCUT2D eigenvalue weighted by molar-refractivity contribution is -0.124. The van der Waals surface area contributed by atoms with Crippen molar-refractivity contribution in [2.75, 3.05) is 7.11 Å². The molecule has 8 heteroatoms. The van der Waals surface area contributed by atoms with E-state index in [0.29, 0.717) is 11.5 Å². The Balaban J connectivity index is 1.52. The van der Waals surface area contributed by atoms with Crippen molar-refractivity contribution in [1.82, 2.24) is 15.8 Å². The summed E-state index contributed by atoms with van der Waals surface area (Å²) in [5.41, 5.74) is 2.39. The molecule has 0 saturated heterocycles. The van der Waals surface area contributed by atoms with E-state index >= 15 is 0 Å². The van der Waals surface area contributed by atoms with Crippen molar-refractivity contribution in [2.45, 2.75) is 33.0 Å². The lowest BCUT2D eigenvalue weighted by atomic mass is 10.0. The zero-order valence-corrected chi connectivity index (χ0v) is 18.3. The third-order valence-electron chi connectivity index (χ3n) is 4.82. The van der Waals surface area contributed by atoms with Crippen LogP contribution >= 0.6 is 0 Å². The summed E-state index contributed by atoms with van der Waals surface area (Å²) in [6.07, 6.45) is -0.649. The highest BCUT2D eigenvalue weighted by Crippen LogP contribution is 2.22. The lowest BCUT2D eigenvalue weighted by Gasteiger charge is -2.21. The molecule has 3 rings (SSSR count). The van der Waals surface area contributed by atoms with E-state index in [0.717, 1.165) is 16.9 Å². The molecule has 1 aromatic heterocycles. The molecule has 0 aliphatic heterocycles. The Kier molecular flexibility index (Phi) is 7.85. The molecule has 0 spiro atoms. The van der Waals surface area contributed by atoms with Crippen LogP contribution in [0.25, 0.3) is 11.3 Å². The Morgan fingerprint density at radius 3 is 2.44 bits per heavy atom. The normalized spacial score (nSPS) is 11.6. The Morgan fingerprint density at radius 1 is 1.06 bits per heavy atom. The van der Waals surface area contributed by atoms with Crippen LogP contribution in [0.3, 0.4) is 0 Å². The number of rotatable bonds is 9. The van der Waals surface area contributed by atoms with Crippen molar-refractivity contribution >= 4 is 12.0 Å². The zero-order chi connectivity index (χ0) is 22.9. The van der Waals surface area contributed by atoms with Gasteiger partial charge in [0.25, 0.3) is 0 Å². The number of carbonyl (C=O) groups is 2. The van der Waals surface area contributed by atoms with E-state index in [9.17, 15) is 9.59 Å². The molecule has 0 fully saturated rings. The summed E-state index contributed by atoms with van der Waals surface area (Å²) < 4.78 is 15.7. The SMILES string of the molecule is COc1ccc(-c2cc(CNC(=O)[C@@H](NC(=O)OCc3ccccc3)C(C)C)on2)cc1. The average molecular weight is 437 g/mol. The van der Waals surface area contributed by atoms with Gasteiger partial charge in [-0.25, -0.2) is 4.79 Å². The van der Waals surface area contributed by atoms with E-state index in [-0.39, 0.29) is 25.0 Å². The Morgan fingerprint density at radius 2 is 1.78 bits per heavy atom. The van der Waals surface area contributed by atoms with Crippen LogP contribution in [0.4, 0.5) is 4.79 Å². The molecule has 1 atom stereocenters. The quantitative estimate of drug-likeness (QED) is 0.526. The van der Waals surface area contributed by atoms with E-state index < -0.39 is 12.1 Å². The Bertz CT molecular complexity index is 1020. The van der Waals surface area contributed by atoms with E-state index in [1.807, 2.05) is 68.4 Å². The van der Waals surface area contributed by atoms with E-state index in [2.05, 4.69) is 15.8 Å². The van der Waals surface area contributed by atoms with E-state index in [4.69, 9.17) is 14.0 Å². The van der Waals surface area contributed by atoms with Crippen LogP contribution in [0.5, 0.6) is 5.75 Å². The molecule has 0 aliphatic rings. The second-order valence-electron chi connectivity index (χ2n) is 7.55. The van der Waals surface area contributed by atoms with Crippen molar-refractivity contribution in [3.63, 3.8) is 0 Å². The summed E-state index contributed by atoms with van der Waals surface area (Å²) in [4.78, 5) is 24.8. The molecule has 0 unspecified atom stereocenters. The van der Waals surface area contributed by atoms with Gasteiger partial charge in [-0.2, -0.15) is 0 Å². The molecule has 1 heterocycles. The number of hydrogen-bond acceptors (Lipinski definition) is 6. The fraction of sp³-hybridized carbons (Fsp3) is 0.292. The van der Waals surface area contributed by atoms with Gasteiger partial charge >= 0.3 is 6.09 Å². The van der Waals surface area contributed by atoms with Crippen LogP contribution in [-0.4, -0.2) is 30.3 Å². The third-order valence-corrected chi connectivity index (χ3v) is 4.82. The van der Waals surface area contributed by atoms with Crippen LogP contribution in [0, 0.1) is 5.92 Å². The maximum atomic E-state index is 12.7. The van der Waals surface area contributed by atoms with E-state index in [1.165, 1.54) is 0 Å². The number of nitrogens with one attached hydrogen (secondary N) is 2. The van der Waals surface area contributed by atoms with Crippen LogP contribution in [0.2, 0.25) is 0 Å². The van der Waals surface area contributed by atoms with Crippen LogP contribution < -0.4 is 15.4 Å². The zero-order valence-electron chi connectivity index (χ0n) is 18.3. The molecule has 8 nitrogen and oxygen atoms in total. The molecule has 2 N–H and O–H groups in total. The maximum absolute atomic E-state index is 12.7. The number of nitrogens with zero attached hydrogens (tertiary/aromatic N) is 1. The third kappa shape index (κ3) is 6.34. The monoisotopic (exact) mass is 437 g/mol. The molecule has 0 saturated carbocycles. The van der Waals surface area contributed by atoms with Gasteiger partial charge in [0.2, 0.25) is 5.91 Å². The van der Waals surface area contributed by atoms with Gasteiger partial charge < -0.3 is 24.6 Å². The molecule has 2 aromatic carbocycles. The second kappa shape index (κ2) is 11.0. The van der Waals surface area contributed by atoms with Gasteiger partial charge in [-0.15, -0.1) is 0 Å². The number of alkyl carbamates (subject to hydrolysis) is 1. The summed E-state index contributed by atoms with van der Waals surface area (Å²) in [7, 11) is 1.61. The van der Waals surface area contributed by atoms with Gasteiger partial charge in [-0.3, -0.25) is 4.79 Å². The van der Waals surface area contributed by atoms with Crippen molar-refractivity contribution in [3.8, 4) is 17.0 Å². The highest BCUT2D eigenvalue weighted by atomic mass is 16.5. The highest BCUT2D eigenvalue weighted by molar-refractivity contribution is 5.85. The standard InChI is InChI=1S/C24H27N3O5/c1-16(2)22(26-24(29)31-15-17-7-5-4-6-8-17)23(28)25-14-20-13-21(27-32-20)18-9-11-19(30-3)12-10-18/h4-13,16,22H,14-15H2,1-3H3,(H,25,28)(H,26,29)/t22-/m0/s1. The minimum atomic E-state index is -0.748. The first-order valence-electron chi connectivity index (χ1n) is 10.3. The number of amides is 2. The van der Waals surface area contributed by atoms with Crippen LogP contribution in [0.1, 0.15) is 25.2 Å². The fourth-order valence-corrected chi connectivity index (χ4v) is 3.01. The molecular weight excluding hydrogens is 410 g/mol. The largest absolute Gasteiger partial charge is 0.497 e. The summed E-state index contributed by atoms with van der Waals surface area (Å²) in [6.45, 7) is 3.97. The summed E-state index contributed by atoms with van der Waals surface area (Å²) >= 11 is 0. The molecule has 2 amide bonds. The van der Waals surface area contributed by atoms with Crippen molar-refractivity contribution < 1.29 is 23.6 Å². The predicted octanol–water partition coefficient (Wildman–Crippen LogP) is 3.92. The first-order valence-corrected chi connectivity index (χ1v) is 10.3. The van der Waals surface area contributed by atoms with Crippen LogP contribution in [-0.2, 0) is 22.7 Å². The van der Waals surface area contributed by atoms with Crippen molar-refractivity contribution in [2.24, 2.45) is 5.92 Å². The Labute approximate surface area is 186 Å². The number of methoxy groups -OCH3 is 1. The van der Waals surface area contributed by atoms with Gasteiger partial charge in [-0.05, 0) is 35.7 Å². The van der Waals surface area contributed by atoms with Crippen molar-refractivity contribution in [3.05, 3.63) is 72.0 Å². The maximum Gasteiger partial charge on any atom is 0.408 e. The highest BCUT2D eigenvalue weighted by Gasteiger charge is 2.25. The van der Waals surface area contributed by atoms with Crippen molar-refractivity contribution in [1.29, 1.82) is 0 Å². The smallest absolute Gasteiger partial charge is 0.408 e. The first kappa shape index (κ1) is 22.9. The molecule has 32 heavy (non-hydrogen) atoms. The Hall–Kier alpha value is -3.81. The molecule has 0 radical (unpaired) electrons. The molecule has 168 valence electrons. The average Bonchev–Trinajstić information content (AvgIpc) is 3.29. The summed E-state index contributed by atoms with van der Waals surface area (Å²) in [5.74, 6) is 0.778. The molecule has 3 aromatic rings. The minimum absolute atomic E-state index is 0.130. The van der Waals surface area contributed by atoms with Gasteiger partial charge in [0.1, 0.15) is 24.1 Å². The number of hydrogen-bond donors (Lipinski definition) is 2. The molecule has 0 bridgehead atoms. The molecular formula is C24H27N3O5. The number of aromatic nitrogens is 1. The van der Waals surface area contributed by atoms with Gasteiger partial charge in [0.05, 0.1) is 13.7 Å². The summed E-state index contributed by atoms with van der Waals surface area (Å²) in [6, 6.07) is 17.8. The van der Waals surface area contributed by atoms with Crippen LogP contribution in [0.15, 0.2) is 65.2 Å². The number of carbonyl (C=O) groups excluding carboxylic acids is 2. The van der Waals surface area contributed by atoms with Gasteiger partial charge in [-0.1, -0.05) is 49.3 Å². The van der Waals surface area contributed by atoms with Gasteiger partial charge in [0.15, 0.2) is 5.76 Å². The number of ether oxygens (including phenoxy) is 2.